The lowest BCUT2D eigenvalue weighted by Crippen LogP contribution is -2.32. The first-order valence-corrected chi connectivity index (χ1v) is 6.80. The van der Waals surface area contributed by atoms with Crippen molar-refractivity contribution in [2.45, 2.75) is 44.9 Å². The van der Waals surface area contributed by atoms with E-state index in [4.69, 9.17) is 4.74 Å². The van der Waals surface area contributed by atoms with Crippen molar-refractivity contribution in [3.8, 4) is 0 Å². The number of hydrogen-bond donors (Lipinski definition) is 1. The maximum Gasteiger partial charge on any atom is 0.0721 e. The molecule has 0 spiro atoms. The highest BCUT2D eigenvalue weighted by molar-refractivity contribution is 5.31. The van der Waals surface area contributed by atoms with E-state index in [9.17, 15) is 0 Å². The number of ether oxygens (including phenoxy) is 1. The van der Waals surface area contributed by atoms with Gasteiger partial charge in [-0.3, -0.25) is 0 Å². The van der Waals surface area contributed by atoms with Crippen LogP contribution in [0.5, 0.6) is 0 Å². The quantitative estimate of drug-likeness (QED) is 0.860. The molecule has 0 amide bonds. The van der Waals surface area contributed by atoms with E-state index in [1.807, 2.05) is 0 Å². The first-order chi connectivity index (χ1) is 8.38. The fourth-order valence-electron chi connectivity index (χ4n) is 2.92. The fraction of sp³-hybridized carbons (Fsp3) is 0.600. The molecular formula is C15H21NO. The SMILES string of the molecule is CCCC1CC1NC1COCc2ccccc21. The Hall–Kier alpha value is -0.860. The first-order valence-electron chi connectivity index (χ1n) is 6.80. The Morgan fingerprint density at radius 3 is 3.12 bits per heavy atom. The largest absolute Gasteiger partial charge is 0.375 e. The van der Waals surface area contributed by atoms with Crippen LogP contribution in [-0.2, 0) is 11.3 Å². The van der Waals surface area contributed by atoms with Crippen LogP contribution in [0.3, 0.4) is 0 Å². The standard InChI is InChI=1S/C15H21NO/c1-2-5-11-8-14(11)16-15-10-17-9-12-6-3-4-7-13(12)15/h3-4,6-7,11,14-16H,2,5,8-10H2,1H3. The summed E-state index contributed by atoms with van der Waals surface area (Å²) < 4.78 is 5.67. The number of benzene rings is 1. The molecular weight excluding hydrogens is 210 g/mol. The van der Waals surface area contributed by atoms with Crippen LogP contribution >= 0.6 is 0 Å². The normalized spacial score (nSPS) is 31.0. The summed E-state index contributed by atoms with van der Waals surface area (Å²) in [5.74, 6) is 0.911. The van der Waals surface area contributed by atoms with Gasteiger partial charge in [-0.05, 0) is 29.9 Å². The Kier molecular flexibility index (Phi) is 3.17. The molecule has 92 valence electrons. The molecule has 2 heteroatoms. The summed E-state index contributed by atoms with van der Waals surface area (Å²) in [7, 11) is 0. The molecule has 1 aliphatic heterocycles. The van der Waals surface area contributed by atoms with E-state index in [1.54, 1.807) is 0 Å². The van der Waals surface area contributed by atoms with E-state index in [1.165, 1.54) is 30.4 Å². The van der Waals surface area contributed by atoms with Crippen molar-refractivity contribution >= 4 is 0 Å². The lowest BCUT2D eigenvalue weighted by Gasteiger charge is -2.26. The minimum Gasteiger partial charge on any atom is -0.375 e. The molecule has 2 aliphatic rings. The lowest BCUT2D eigenvalue weighted by atomic mass is 9.99. The van der Waals surface area contributed by atoms with Gasteiger partial charge in [0.15, 0.2) is 0 Å². The van der Waals surface area contributed by atoms with Crippen molar-refractivity contribution in [3.05, 3.63) is 35.4 Å². The highest BCUT2D eigenvalue weighted by Crippen LogP contribution is 2.37. The van der Waals surface area contributed by atoms with Crippen molar-refractivity contribution < 1.29 is 4.74 Å². The Bertz CT molecular complexity index is 390. The lowest BCUT2D eigenvalue weighted by molar-refractivity contribution is 0.0811. The molecule has 1 fully saturated rings. The second-order valence-electron chi connectivity index (χ2n) is 5.32. The van der Waals surface area contributed by atoms with E-state index in [-0.39, 0.29) is 0 Å². The van der Waals surface area contributed by atoms with Crippen molar-refractivity contribution in [2.75, 3.05) is 6.61 Å². The molecule has 17 heavy (non-hydrogen) atoms. The van der Waals surface area contributed by atoms with Gasteiger partial charge in [-0.15, -0.1) is 0 Å². The summed E-state index contributed by atoms with van der Waals surface area (Å²) >= 11 is 0. The van der Waals surface area contributed by atoms with Crippen LogP contribution in [0.1, 0.15) is 43.4 Å². The molecule has 1 aromatic carbocycles. The molecule has 1 heterocycles. The van der Waals surface area contributed by atoms with Crippen LogP contribution in [0.4, 0.5) is 0 Å². The van der Waals surface area contributed by atoms with Gasteiger partial charge in [0.1, 0.15) is 0 Å². The average Bonchev–Trinajstić information content (AvgIpc) is 3.08. The first kappa shape index (κ1) is 11.2. The number of hydrogen-bond acceptors (Lipinski definition) is 2. The zero-order valence-electron chi connectivity index (χ0n) is 10.5. The predicted octanol–water partition coefficient (Wildman–Crippen LogP) is 3.04. The third-order valence-corrected chi connectivity index (χ3v) is 3.97. The molecule has 0 radical (unpaired) electrons. The summed E-state index contributed by atoms with van der Waals surface area (Å²) in [6.45, 7) is 3.87. The smallest absolute Gasteiger partial charge is 0.0721 e. The maximum absolute atomic E-state index is 5.67. The average molecular weight is 231 g/mol. The highest BCUT2D eigenvalue weighted by Gasteiger charge is 2.38. The molecule has 1 saturated carbocycles. The van der Waals surface area contributed by atoms with Gasteiger partial charge in [-0.25, -0.2) is 0 Å². The number of rotatable bonds is 4. The monoisotopic (exact) mass is 231 g/mol. The Morgan fingerprint density at radius 2 is 2.24 bits per heavy atom. The second kappa shape index (κ2) is 4.79. The predicted molar refractivity (Wildman–Crippen MR) is 68.8 cm³/mol. The van der Waals surface area contributed by atoms with Gasteiger partial charge in [0.05, 0.1) is 19.3 Å². The van der Waals surface area contributed by atoms with E-state index in [0.29, 0.717) is 6.04 Å². The number of nitrogens with one attached hydrogen (secondary N) is 1. The highest BCUT2D eigenvalue weighted by atomic mass is 16.5. The molecule has 3 unspecified atom stereocenters. The summed E-state index contributed by atoms with van der Waals surface area (Å²) in [5, 5.41) is 3.76. The van der Waals surface area contributed by atoms with Crippen LogP contribution in [0.2, 0.25) is 0 Å². The third kappa shape index (κ3) is 2.38. The van der Waals surface area contributed by atoms with Crippen molar-refractivity contribution in [1.82, 2.24) is 5.32 Å². The minimum atomic E-state index is 0.409. The van der Waals surface area contributed by atoms with E-state index >= 15 is 0 Å². The summed E-state index contributed by atoms with van der Waals surface area (Å²) in [6.07, 6.45) is 4.03. The molecule has 3 rings (SSSR count). The Labute approximate surface area is 103 Å². The van der Waals surface area contributed by atoms with Gasteiger partial charge in [0.25, 0.3) is 0 Å². The molecule has 0 aromatic heterocycles. The molecule has 1 N–H and O–H groups in total. The minimum absolute atomic E-state index is 0.409. The molecule has 3 atom stereocenters. The fourth-order valence-corrected chi connectivity index (χ4v) is 2.92. The van der Waals surface area contributed by atoms with Gasteiger partial charge in [0.2, 0.25) is 0 Å². The maximum atomic E-state index is 5.67. The van der Waals surface area contributed by atoms with Crippen LogP contribution in [0.25, 0.3) is 0 Å². The van der Waals surface area contributed by atoms with Crippen LogP contribution in [0, 0.1) is 5.92 Å². The van der Waals surface area contributed by atoms with Gasteiger partial charge in [-0.2, -0.15) is 0 Å². The second-order valence-corrected chi connectivity index (χ2v) is 5.32. The van der Waals surface area contributed by atoms with Crippen LogP contribution < -0.4 is 5.32 Å². The van der Waals surface area contributed by atoms with Gasteiger partial charge in [-0.1, -0.05) is 37.6 Å². The van der Waals surface area contributed by atoms with Crippen LogP contribution in [0.15, 0.2) is 24.3 Å². The Morgan fingerprint density at radius 1 is 1.35 bits per heavy atom. The third-order valence-electron chi connectivity index (χ3n) is 3.97. The molecule has 2 nitrogen and oxygen atoms in total. The van der Waals surface area contributed by atoms with Crippen molar-refractivity contribution in [3.63, 3.8) is 0 Å². The van der Waals surface area contributed by atoms with Gasteiger partial charge >= 0.3 is 0 Å². The summed E-state index contributed by atoms with van der Waals surface area (Å²) in [5.41, 5.74) is 2.80. The van der Waals surface area contributed by atoms with Gasteiger partial charge in [0, 0.05) is 6.04 Å². The van der Waals surface area contributed by atoms with Crippen LogP contribution in [-0.4, -0.2) is 12.6 Å². The summed E-state index contributed by atoms with van der Waals surface area (Å²) in [6, 6.07) is 9.80. The van der Waals surface area contributed by atoms with E-state index < -0.39 is 0 Å². The summed E-state index contributed by atoms with van der Waals surface area (Å²) in [4.78, 5) is 0. The van der Waals surface area contributed by atoms with E-state index in [0.717, 1.165) is 25.2 Å². The van der Waals surface area contributed by atoms with Crippen molar-refractivity contribution in [2.24, 2.45) is 5.92 Å². The molecule has 0 bridgehead atoms. The molecule has 1 aliphatic carbocycles. The van der Waals surface area contributed by atoms with Crippen molar-refractivity contribution in [1.29, 1.82) is 0 Å². The Balaban J connectivity index is 1.66. The number of fused-ring (bicyclic) bond motifs is 1. The molecule has 0 saturated heterocycles. The zero-order chi connectivity index (χ0) is 11.7. The van der Waals surface area contributed by atoms with E-state index in [2.05, 4.69) is 36.5 Å². The topological polar surface area (TPSA) is 21.3 Å². The zero-order valence-corrected chi connectivity index (χ0v) is 10.5. The molecule has 1 aromatic rings. The van der Waals surface area contributed by atoms with Gasteiger partial charge < -0.3 is 10.1 Å².